The smallest absolute Gasteiger partial charge is 0.0832 e. The van der Waals surface area contributed by atoms with Crippen LogP contribution in [0.5, 0.6) is 0 Å². The average Bonchev–Trinajstić information content (AvgIpc) is 2.29. The van der Waals surface area contributed by atoms with Gasteiger partial charge in [0, 0.05) is 5.92 Å². The fourth-order valence-corrected chi connectivity index (χ4v) is 2.50. The predicted octanol–water partition coefficient (Wildman–Crippen LogP) is 4.12. The molecule has 86 valence electrons. The van der Waals surface area contributed by atoms with Gasteiger partial charge in [-0.05, 0) is 32.3 Å². The first-order valence-electron chi connectivity index (χ1n) is 5.99. The van der Waals surface area contributed by atoms with Gasteiger partial charge in [0.15, 0.2) is 0 Å². The van der Waals surface area contributed by atoms with Crippen LogP contribution in [0.15, 0.2) is 43.0 Å². The lowest BCUT2D eigenvalue weighted by atomic mass is 9.82. The minimum absolute atomic E-state index is 0.0967. The van der Waals surface area contributed by atoms with E-state index < -0.39 is 0 Å². The maximum absolute atomic E-state index is 6.19. The molecule has 0 bridgehead atoms. The summed E-state index contributed by atoms with van der Waals surface area (Å²) in [6, 6.07) is 10.5. The lowest BCUT2D eigenvalue weighted by molar-refractivity contribution is -0.131. The molecule has 1 aliphatic heterocycles. The third-order valence-electron chi connectivity index (χ3n) is 3.53. The molecule has 0 aromatic heterocycles. The number of rotatable bonds is 2. The highest BCUT2D eigenvalue weighted by Crippen LogP contribution is 2.40. The van der Waals surface area contributed by atoms with Gasteiger partial charge in [-0.2, -0.15) is 0 Å². The van der Waals surface area contributed by atoms with Crippen molar-refractivity contribution in [1.82, 2.24) is 0 Å². The van der Waals surface area contributed by atoms with Gasteiger partial charge in [-0.1, -0.05) is 36.4 Å². The van der Waals surface area contributed by atoms with Crippen molar-refractivity contribution in [3.05, 3.63) is 48.6 Å². The van der Waals surface area contributed by atoms with Crippen LogP contribution in [0.1, 0.15) is 38.4 Å². The van der Waals surface area contributed by atoms with Gasteiger partial charge in [0.1, 0.15) is 0 Å². The summed E-state index contributed by atoms with van der Waals surface area (Å²) in [5, 5.41) is 0. The van der Waals surface area contributed by atoms with Crippen LogP contribution in [0.25, 0.3) is 0 Å². The Balaban J connectivity index is 2.14. The summed E-state index contributed by atoms with van der Waals surface area (Å²) in [4.78, 5) is 0. The molecule has 1 saturated heterocycles. The molecule has 1 fully saturated rings. The van der Waals surface area contributed by atoms with Crippen molar-refractivity contribution in [2.45, 2.75) is 38.4 Å². The topological polar surface area (TPSA) is 9.23 Å². The lowest BCUT2D eigenvalue weighted by Gasteiger charge is -2.41. The third kappa shape index (κ3) is 2.19. The van der Waals surface area contributed by atoms with E-state index in [1.807, 2.05) is 12.1 Å². The van der Waals surface area contributed by atoms with Crippen LogP contribution in [0.2, 0.25) is 0 Å². The summed E-state index contributed by atoms with van der Waals surface area (Å²) >= 11 is 0. The lowest BCUT2D eigenvalue weighted by Crippen LogP contribution is -2.39. The van der Waals surface area contributed by atoms with Crippen LogP contribution in [0.4, 0.5) is 0 Å². The van der Waals surface area contributed by atoms with E-state index in [0.717, 1.165) is 12.8 Å². The number of benzene rings is 1. The van der Waals surface area contributed by atoms with Crippen molar-refractivity contribution in [2.24, 2.45) is 5.92 Å². The van der Waals surface area contributed by atoms with Gasteiger partial charge in [0.05, 0.1) is 11.7 Å². The number of hydrogen-bond donors (Lipinski definition) is 0. The Bertz CT molecular complexity index is 353. The van der Waals surface area contributed by atoms with Gasteiger partial charge < -0.3 is 4.74 Å². The van der Waals surface area contributed by atoms with Crippen molar-refractivity contribution >= 4 is 0 Å². The van der Waals surface area contributed by atoms with Gasteiger partial charge in [0.2, 0.25) is 0 Å². The zero-order valence-electron chi connectivity index (χ0n) is 10.1. The molecule has 0 aliphatic carbocycles. The molecule has 1 heterocycles. The molecule has 1 aliphatic rings. The van der Waals surface area contributed by atoms with Crippen molar-refractivity contribution < 1.29 is 4.74 Å². The SMILES string of the molecule is C=CC1CCC(c2ccccc2)OC1(C)C. The van der Waals surface area contributed by atoms with E-state index in [9.17, 15) is 0 Å². The average molecular weight is 216 g/mol. The molecule has 0 N–H and O–H groups in total. The zero-order chi connectivity index (χ0) is 11.6. The first-order valence-corrected chi connectivity index (χ1v) is 5.99. The minimum atomic E-state index is -0.0967. The molecule has 0 saturated carbocycles. The first kappa shape index (κ1) is 11.4. The van der Waals surface area contributed by atoms with Gasteiger partial charge in [-0.15, -0.1) is 6.58 Å². The van der Waals surface area contributed by atoms with Crippen LogP contribution >= 0.6 is 0 Å². The summed E-state index contributed by atoms with van der Waals surface area (Å²) in [6.45, 7) is 8.22. The Kier molecular flexibility index (Phi) is 3.15. The number of ether oxygens (including phenoxy) is 1. The molecule has 16 heavy (non-hydrogen) atoms. The maximum Gasteiger partial charge on any atom is 0.0832 e. The Morgan fingerprint density at radius 2 is 1.94 bits per heavy atom. The molecule has 2 unspecified atom stereocenters. The zero-order valence-corrected chi connectivity index (χ0v) is 10.1. The largest absolute Gasteiger partial charge is 0.367 e. The molecule has 0 amide bonds. The highest BCUT2D eigenvalue weighted by molar-refractivity contribution is 5.18. The fraction of sp³-hybridized carbons (Fsp3) is 0.467. The van der Waals surface area contributed by atoms with Gasteiger partial charge in [0.25, 0.3) is 0 Å². The van der Waals surface area contributed by atoms with Gasteiger partial charge in [-0.25, -0.2) is 0 Å². The Labute approximate surface area is 98.1 Å². The molecule has 2 rings (SSSR count). The highest BCUT2D eigenvalue weighted by Gasteiger charge is 2.36. The highest BCUT2D eigenvalue weighted by atomic mass is 16.5. The Morgan fingerprint density at radius 3 is 2.50 bits per heavy atom. The standard InChI is InChI=1S/C15H20O/c1-4-13-10-11-14(16-15(13,2)3)12-8-6-5-7-9-12/h4-9,13-14H,1,10-11H2,2-3H3. The Hall–Kier alpha value is -1.08. The molecular weight excluding hydrogens is 196 g/mol. The molecule has 1 aromatic rings. The second-order valence-corrected chi connectivity index (χ2v) is 5.04. The van der Waals surface area contributed by atoms with E-state index in [2.05, 4.69) is 44.7 Å². The summed E-state index contributed by atoms with van der Waals surface area (Å²) < 4.78 is 6.19. The summed E-state index contributed by atoms with van der Waals surface area (Å²) in [5.74, 6) is 0.465. The fourth-order valence-electron chi connectivity index (χ4n) is 2.50. The van der Waals surface area contributed by atoms with Crippen molar-refractivity contribution in [1.29, 1.82) is 0 Å². The van der Waals surface area contributed by atoms with Crippen molar-refractivity contribution in [2.75, 3.05) is 0 Å². The van der Waals surface area contributed by atoms with Gasteiger partial charge >= 0.3 is 0 Å². The van der Waals surface area contributed by atoms with Crippen LogP contribution in [0, 0.1) is 5.92 Å². The van der Waals surface area contributed by atoms with E-state index in [4.69, 9.17) is 4.74 Å². The van der Waals surface area contributed by atoms with E-state index >= 15 is 0 Å². The van der Waals surface area contributed by atoms with Crippen LogP contribution in [-0.4, -0.2) is 5.60 Å². The molecule has 1 nitrogen and oxygen atoms in total. The molecule has 0 spiro atoms. The van der Waals surface area contributed by atoms with E-state index in [1.165, 1.54) is 5.56 Å². The molecule has 1 aromatic carbocycles. The molecular formula is C15H20O. The number of hydrogen-bond acceptors (Lipinski definition) is 1. The van der Waals surface area contributed by atoms with Crippen LogP contribution < -0.4 is 0 Å². The first-order chi connectivity index (χ1) is 7.63. The van der Waals surface area contributed by atoms with Crippen molar-refractivity contribution in [3.8, 4) is 0 Å². The second kappa shape index (κ2) is 4.42. The monoisotopic (exact) mass is 216 g/mol. The summed E-state index contributed by atoms with van der Waals surface area (Å²) in [7, 11) is 0. The molecule has 0 radical (unpaired) electrons. The van der Waals surface area contributed by atoms with E-state index in [-0.39, 0.29) is 11.7 Å². The maximum atomic E-state index is 6.19. The van der Waals surface area contributed by atoms with Gasteiger partial charge in [-0.3, -0.25) is 0 Å². The predicted molar refractivity (Wildman–Crippen MR) is 67.3 cm³/mol. The minimum Gasteiger partial charge on any atom is -0.367 e. The molecule has 2 atom stereocenters. The Morgan fingerprint density at radius 1 is 1.25 bits per heavy atom. The normalized spacial score (nSPS) is 28.6. The van der Waals surface area contributed by atoms with Crippen molar-refractivity contribution in [3.63, 3.8) is 0 Å². The van der Waals surface area contributed by atoms with Crippen LogP contribution in [0.3, 0.4) is 0 Å². The van der Waals surface area contributed by atoms with E-state index in [1.54, 1.807) is 0 Å². The van der Waals surface area contributed by atoms with Crippen LogP contribution in [-0.2, 0) is 4.74 Å². The quantitative estimate of drug-likeness (QED) is 0.676. The summed E-state index contributed by atoms with van der Waals surface area (Å²) in [6.07, 6.45) is 4.52. The van der Waals surface area contributed by atoms with E-state index in [0.29, 0.717) is 5.92 Å². The molecule has 1 heteroatoms. The summed E-state index contributed by atoms with van der Waals surface area (Å²) in [5.41, 5.74) is 1.19. The second-order valence-electron chi connectivity index (χ2n) is 5.04. The third-order valence-corrected chi connectivity index (χ3v) is 3.53.